The Bertz CT molecular complexity index is 426. The summed E-state index contributed by atoms with van der Waals surface area (Å²) in [6.07, 6.45) is 2.19. The lowest BCUT2D eigenvalue weighted by atomic mass is 9.87. The first kappa shape index (κ1) is 10.1. The lowest BCUT2D eigenvalue weighted by Gasteiger charge is -2.28. The standard InChI is InChI=1S/C13H16FNO/c1-2-16-11-4-3-10(14)12-9(11)7-15-8-13(12)5-6-13/h3-4,15H,2,5-8H2,1H3. The number of ether oxygens (including phenoxy) is 1. The number of nitrogens with one attached hydrogen (secondary N) is 1. The van der Waals surface area contributed by atoms with Gasteiger partial charge in [-0.1, -0.05) is 0 Å². The summed E-state index contributed by atoms with van der Waals surface area (Å²) in [7, 11) is 0. The van der Waals surface area contributed by atoms with Gasteiger partial charge in [0.15, 0.2) is 0 Å². The van der Waals surface area contributed by atoms with Crippen LogP contribution in [0.5, 0.6) is 5.75 Å². The Labute approximate surface area is 94.8 Å². The number of hydrogen-bond donors (Lipinski definition) is 1. The minimum Gasteiger partial charge on any atom is -0.494 e. The lowest BCUT2D eigenvalue weighted by Crippen LogP contribution is -2.34. The minimum atomic E-state index is -0.0579. The highest BCUT2D eigenvalue weighted by Crippen LogP contribution is 2.52. The van der Waals surface area contributed by atoms with Gasteiger partial charge in [0.2, 0.25) is 0 Å². The predicted molar refractivity (Wildman–Crippen MR) is 60.2 cm³/mol. The monoisotopic (exact) mass is 221 g/mol. The highest BCUT2D eigenvalue weighted by atomic mass is 19.1. The zero-order chi connectivity index (χ0) is 11.2. The molecule has 1 aliphatic carbocycles. The third-order valence-corrected chi connectivity index (χ3v) is 3.67. The maximum Gasteiger partial charge on any atom is 0.127 e. The van der Waals surface area contributed by atoms with Crippen LogP contribution in [0.15, 0.2) is 12.1 Å². The average molecular weight is 221 g/mol. The Morgan fingerprint density at radius 2 is 2.25 bits per heavy atom. The molecule has 1 saturated carbocycles. The van der Waals surface area contributed by atoms with Crippen molar-refractivity contribution in [2.24, 2.45) is 0 Å². The second-order valence-electron chi connectivity index (χ2n) is 4.72. The number of benzene rings is 1. The van der Waals surface area contributed by atoms with E-state index in [0.717, 1.165) is 42.8 Å². The summed E-state index contributed by atoms with van der Waals surface area (Å²) in [5.41, 5.74) is 2.02. The van der Waals surface area contributed by atoms with Gasteiger partial charge in [-0.25, -0.2) is 4.39 Å². The fourth-order valence-corrected chi connectivity index (χ4v) is 2.73. The van der Waals surface area contributed by atoms with Crippen LogP contribution in [0.4, 0.5) is 4.39 Å². The molecule has 2 aliphatic rings. The second-order valence-corrected chi connectivity index (χ2v) is 4.72. The molecule has 3 heteroatoms. The molecule has 3 rings (SSSR count). The van der Waals surface area contributed by atoms with Gasteiger partial charge < -0.3 is 10.1 Å². The Morgan fingerprint density at radius 1 is 1.44 bits per heavy atom. The molecule has 1 spiro atoms. The van der Waals surface area contributed by atoms with Gasteiger partial charge >= 0.3 is 0 Å². The minimum absolute atomic E-state index is 0.0579. The maximum atomic E-state index is 13.9. The van der Waals surface area contributed by atoms with Gasteiger partial charge in [-0.15, -0.1) is 0 Å². The molecule has 1 N–H and O–H groups in total. The average Bonchev–Trinajstić information content (AvgIpc) is 3.03. The van der Waals surface area contributed by atoms with Crippen LogP contribution in [0.3, 0.4) is 0 Å². The number of hydrogen-bond acceptors (Lipinski definition) is 2. The molecule has 0 saturated heterocycles. The molecule has 0 radical (unpaired) electrons. The van der Waals surface area contributed by atoms with Crippen LogP contribution >= 0.6 is 0 Å². The molecule has 0 aromatic heterocycles. The lowest BCUT2D eigenvalue weighted by molar-refractivity contribution is 0.330. The van der Waals surface area contributed by atoms with E-state index >= 15 is 0 Å². The van der Waals surface area contributed by atoms with Crippen molar-refractivity contribution in [1.82, 2.24) is 5.32 Å². The summed E-state index contributed by atoms with van der Waals surface area (Å²) in [4.78, 5) is 0. The largest absolute Gasteiger partial charge is 0.494 e. The summed E-state index contributed by atoms with van der Waals surface area (Å²) in [5.74, 6) is 0.787. The van der Waals surface area contributed by atoms with E-state index in [1.165, 1.54) is 0 Å². The van der Waals surface area contributed by atoms with E-state index in [9.17, 15) is 4.39 Å². The fourth-order valence-electron chi connectivity index (χ4n) is 2.73. The van der Waals surface area contributed by atoms with Crippen molar-refractivity contribution in [3.63, 3.8) is 0 Å². The zero-order valence-corrected chi connectivity index (χ0v) is 9.48. The van der Waals surface area contributed by atoms with E-state index in [2.05, 4.69) is 5.32 Å². The van der Waals surface area contributed by atoms with E-state index in [4.69, 9.17) is 4.74 Å². The Kier molecular flexibility index (Phi) is 2.18. The molecule has 0 bridgehead atoms. The van der Waals surface area contributed by atoms with Crippen molar-refractivity contribution < 1.29 is 9.13 Å². The predicted octanol–water partition coefficient (Wildman–Crippen LogP) is 2.36. The van der Waals surface area contributed by atoms with Gasteiger partial charge in [0.25, 0.3) is 0 Å². The topological polar surface area (TPSA) is 21.3 Å². The highest BCUT2D eigenvalue weighted by molar-refractivity contribution is 5.49. The van der Waals surface area contributed by atoms with Crippen LogP contribution in [0.2, 0.25) is 0 Å². The Balaban J connectivity index is 2.13. The molecule has 86 valence electrons. The van der Waals surface area contributed by atoms with Gasteiger partial charge in [0, 0.05) is 29.6 Å². The van der Waals surface area contributed by atoms with Crippen LogP contribution in [0.1, 0.15) is 30.9 Å². The Hall–Kier alpha value is -1.09. The first-order valence-electron chi connectivity index (χ1n) is 5.92. The molecule has 16 heavy (non-hydrogen) atoms. The molecule has 1 aromatic carbocycles. The van der Waals surface area contributed by atoms with Gasteiger partial charge in [0.1, 0.15) is 11.6 Å². The summed E-state index contributed by atoms with van der Waals surface area (Å²) in [5, 5.41) is 3.37. The third-order valence-electron chi connectivity index (χ3n) is 3.67. The van der Waals surface area contributed by atoms with Crippen LogP contribution < -0.4 is 10.1 Å². The third kappa shape index (κ3) is 1.34. The maximum absolute atomic E-state index is 13.9. The summed E-state index contributed by atoms with van der Waals surface area (Å²) >= 11 is 0. The van der Waals surface area contributed by atoms with Crippen LogP contribution in [-0.2, 0) is 12.0 Å². The SMILES string of the molecule is CCOc1ccc(F)c2c1CNCC21CC1. The highest BCUT2D eigenvalue weighted by Gasteiger charge is 2.49. The quantitative estimate of drug-likeness (QED) is 0.827. The number of halogens is 1. The molecule has 2 nitrogen and oxygen atoms in total. The van der Waals surface area contributed by atoms with E-state index < -0.39 is 0 Å². The fraction of sp³-hybridized carbons (Fsp3) is 0.538. The van der Waals surface area contributed by atoms with E-state index in [-0.39, 0.29) is 11.2 Å². The smallest absolute Gasteiger partial charge is 0.127 e. The summed E-state index contributed by atoms with van der Waals surface area (Å²) in [6, 6.07) is 3.30. The second kappa shape index (κ2) is 3.45. The van der Waals surface area contributed by atoms with Crippen LogP contribution in [0.25, 0.3) is 0 Å². The molecule has 0 amide bonds. The number of rotatable bonds is 2. The van der Waals surface area contributed by atoms with Gasteiger partial charge in [-0.3, -0.25) is 0 Å². The van der Waals surface area contributed by atoms with Crippen molar-refractivity contribution in [3.8, 4) is 5.75 Å². The van der Waals surface area contributed by atoms with Crippen molar-refractivity contribution in [2.75, 3.05) is 13.2 Å². The molecular weight excluding hydrogens is 205 g/mol. The van der Waals surface area contributed by atoms with Crippen LogP contribution in [0, 0.1) is 5.82 Å². The number of fused-ring (bicyclic) bond motifs is 2. The molecule has 1 fully saturated rings. The van der Waals surface area contributed by atoms with E-state index in [0.29, 0.717) is 6.61 Å². The first-order chi connectivity index (χ1) is 7.77. The van der Waals surface area contributed by atoms with Crippen molar-refractivity contribution >= 4 is 0 Å². The molecular formula is C13H16FNO. The molecule has 1 aliphatic heterocycles. The van der Waals surface area contributed by atoms with Crippen molar-refractivity contribution in [3.05, 3.63) is 29.1 Å². The van der Waals surface area contributed by atoms with E-state index in [1.807, 2.05) is 6.92 Å². The van der Waals surface area contributed by atoms with Crippen LogP contribution in [-0.4, -0.2) is 13.2 Å². The van der Waals surface area contributed by atoms with Gasteiger partial charge in [0.05, 0.1) is 6.61 Å². The van der Waals surface area contributed by atoms with Gasteiger partial charge in [-0.05, 0) is 31.9 Å². The normalized spacial score (nSPS) is 20.6. The Morgan fingerprint density at radius 3 is 2.94 bits per heavy atom. The first-order valence-corrected chi connectivity index (χ1v) is 5.92. The molecule has 0 atom stereocenters. The summed E-state index contributed by atoms with van der Waals surface area (Å²) in [6.45, 7) is 4.22. The molecule has 1 heterocycles. The molecule has 0 unspecified atom stereocenters. The van der Waals surface area contributed by atoms with E-state index in [1.54, 1.807) is 12.1 Å². The van der Waals surface area contributed by atoms with Gasteiger partial charge in [-0.2, -0.15) is 0 Å². The zero-order valence-electron chi connectivity index (χ0n) is 9.48. The van der Waals surface area contributed by atoms with Crippen molar-refractivity contribution in [1.29, 1.82) is 0 Å². The molecule has 1 aromatic rings. The summed E-state index contributed by atoms with van der Waals surface area (Å²) < 4.78 is 19.5. The van der Waals surface area contributed by atoms with Crippen molar-refractivity contribution in [2.45, 2.75) is 31.7 Å².